The largest absolute Gasteiger partial charge is 0.354 e. The van der Waals surface area contributed by atoms with E-state index in [0.29, 0.717) is 5.57 Å². The number of nitrogens with two attached hydrogens (primary N) is 1. The number of Topliss-reactive ketones (excluding diaryl/α,β-unsaturated/α-hetero) is 1. The molecular formula is C8H15NO3. The summed E-state index contributed by atoms with van der Waals surface area (Å²) >= 11 is 0. The maximum absolute atomic E-state index is 11.2. The van der Waals surface area contributed by atoms with Crippen LogP contribution in [0.2, 0.25) is 0 Å². The van der Waals surface area contributed by atoms with Crippen LogP contribution in [0.3, 0.4) is 0 Å². The standard InChI is InChI=1S/C8H15NO3/c1-5(2)7(10)6(9)8(11-3)12-4/h6,8H,1,9H2,2-4H3. The minimum absolute atomic E-state index is 0.247. The Morgan fingerprint density at radius 1 is 1.42 bits per heavy atom. The van der Waals surface area contributed by atoms with Gasteiger partial charge in [0.05, 0.1) is 0 Å². The van der Waals surface area contributed by atoms with E-state index in [1.807, 2.05) is 0 Å². The molecule has 0 saturated carbocycles. The van der Waals surface area contributed by atoms with Gasteiger partial charge in [-0.25, -0.2) is 0 Å². The molecule has 0 aromatic heterocycles. The van der Waals surface area contributed by atoms with Gasteiger partial charge in [-0.1, -0.05) is 6.58 Å². The van der Waals surface area contributed by atoms with Crippen LogP contribution < -0.4 is 5.73 Å². The fourth-order valence-corrected chi connectivity index (χ4v) is 0.798. The minimum Gasteiger partial charge on any atom is -0.354 e. The van der Waals surface area contributed by atoms with Crippen molar-refractivity contribution in [1.29, 1.82) is 0 Å². The number of rotatable bonds is 5. The smallest absolute Gasteiger partial charge is 0.179 e. The van der Waals surface area contributed by atoms with E-state index in [2.05, 4.69) is 6.58 Å². The first-order valence-corrected chi connectivity index (χ1v) is 3.55. The number of hydrogen-bond acceptors (Lipinski definition) is 4. The summed E-state index contributed by atoms with van der Waals surface area (Å²) in [6, 6.07) is -0.794. The van der Waals surface area contributed by atoms with Crippen molar-refractivity contribution < 1.29 is 14.3 Å². The minimum atomic E-state index is -0.794. The van der Waals surface area contributed by atoms with Gasteiger partial charge in [-0.05, 0) is 12.5 Å². The second kappa shape index (κ2) is 5.03. The quantitative estimate of drug-likeness (QED) is 0.472. The Morgan fingerprint density at radius 2 is 1.83 bits per heavy atom. The second-order valence-corrected chi connectivity index (χ2v) is 2.51. The molecule has 0 radical (unpaired) electrons. The normalized spacial score (nSPS) is 13.1. The SMILES string of the molecule is C=C(C)C(=O)C(N)C(OC)OC. The third-order valence-corrected chi connectivity index (χ3v) is 1.48. The lowest BCUT2D eigenvalue weighted by Crippen LogP contribution is -2.44. The molecule has 0 amide bonds. The van der Waals surface area contributed by atoms with Crippen LogP contribution in [0.5, 0.6) is 0 Å². The zero-order chi connectivity index (χ0) is 9.72. The summed E-state index contributed by atoms with van der Waals surface area (Å²) in [5.74, 6) is -0.247. The average molecular weight is 173 g/mol. The molecule has 4 nitrogen and oxygen atoms in total. The first kappa shape index (κ1) is 11.3. The summed E-state index contributed by atoms with van der Waals surface area (Å²) in [6.45, 7) is 5.09. The fourth-order valence-electron chi connectivity index (χ4n) is 0.798. The molecule has 0 saturated heterocycles. The Kier molecular flexibility index (Phi) is 4.73. The molecule has 0 bridgehead atoms. The van der Waals surface area contributed by atoms with Crippen molar-refractivity contribution in [3.8, 4) is 0 Å². The highest BCUT2D eigenvalue weighted by molar-refractivity contribution is 5.98. The molecule has 0 fully saturated rings. The fraction of sp³-hybridized carbons (Fsp3) is 0.625. The maximum atomic E-state index is 11.2. The molecular weight excluding hydrogens is 158 g/mol. The van der Waals surface area contributed by atoms with Crippen LogP contribution in [0, 0.1) is 0 Å². The molecule has 0 aromatic rings. The van der Waals surface area contributed by atoms with Gasteiger partial charge >= 0.3 is 0 Å². The molecule has 4 heteroatoms. The molecule has 1 atom stereocenters. The van der Waals surface area contributed by atoms with E-state index in [1.165, 1.54) is 14.2 Å². The molecule has 0 aromatic carbocycles. The van der Waals surface area contributed by atoms with E-state index in [0.717, 1.165) is 0 Å². The van der Waals surface area contributed by atoms with Gasteiger partial charge in [-0.15, -0.1) is 0 Å². The highest BCUT2D eigenvalue weighted by atomic mass is 16.7. The number of carbonyl (C=O) groups excluding carboxylic acids is 1. The number of ketones is 1. The van der Waals surface area contributed by atoms with Gasteiger partial charge in [0, 0.05) is 14.2 Å². The predicted octanol–water partition coefficient (Wildman–Crippen LogP) is 0.0778. The van der Waals surface area contributed by atoms with E-state index in [4.69, 9.17) is 15.2 Å². The maximum Gasteiger partial charge on any atom is 0.179 e. The Labute approximate surface area is 72.3 Å². The summed E-state index contributed by atoms with van der Waals surface area (Å²) in [5, 5.41) is 0. The summed E-state index contributed by atoms with van der Waals surface area (Å²) in [6.07, 6.45) is -0.700. The van der Waals surface area contributed by atoms with Crippen molar-refractivity contribution in [2.24, 2.45) is 5.73 Å². The Hall–Kier alpha value is -0.710. The van der Waals surface area contributed by atoms with E-state index in [-0.39, 0.29) is 5.78 Å². The van der Waals surface area contributed by atoms with Crippen molar-refractivity contribution in [3.63, 3.8) is 0 Å². The molecule has 0 aliphatic carbocycles. The van der Waals surface area contributed by atoms with Gasteiger partial charge in [-0.2, -0.15) is 0 Å². The molecule has 0 heterocycles. The van der Waals surface area contributed by atoms with Crippen molar-refractivity contribution in [3.05, 3.63) is 12.2 Å². The molecule has 0 spiro atoms. The van der Waals surface area contributed by atoms with Crippen LogP contribution >= 0.6 is 0 Å². The lowest BCUT2D eigenvalue weighted by molar-refractivity contribution is -0.140. The number of carbonyl (C=O) groups is 1. The molecule has 12 heavy (non-hydrogen) atoms. The zero-order valence-corrected chi connectivity index (χ0v) is 7.66. The van der Waals surface area contributed by atoms with Crippen LogP contribution in [-0.4, -0.2) is 32.3 Å². The van der Waals surface area contributed by atoms with Crippen LogP contribution in [0.25, 0.3) is 0 Å². The Morgan fingerprint density at radius 3 is 2.08 bits per heavy atom. The van der Waals surface area contributed by atoms with Gasteiger partial charge in [0.15, 0.2) is 12.1 Å². The monoisotopic (exact) mass is 173 g/mol. The van der Waals surface area contributed by atoms with Gasteiger partial charge < -0.3 is 15.2 Å². The van der Waals surface area contributed by atoms with E-state index < -0.39 is 12.3 Å². The Balaban J connectivity index is 4.25. The summed E-state index contributed by atoms with van der Waals surface area (Å²) < 4.78 is 9.65. The molecule has 70 valence electrons. The van der Waals surface area contributed by atoms with E-state index >= 15 is 0 Å². The van der Waals surface area contributed by atoms with Gasteiger partial charge in [0.25, 0.3) is 0 Å². The van der Waals surface area contributed by atoms with Crippen molar-refractivity contribution in [1.82, 2.24) is 0 Å². The van der Waals surface area contributed by atoms with Crippen LogP contribution in [0.15, 0.2) is 12.2 Å². The zero-order valence-electron chi connectivity index (χ0n) is 7.66. The first-order valence-electron chi connectivity index (χ1n) is 3.55. The predicted molar refractivity (Wildman–Crippen MR) is 45.6 cm³/mol. The topological polar surface area (TPSA) is 61.6 Å². The second-order valence-electron chi connectivity index (χ2n) is 2.51. The number of ether oxygens (including phenoxy) is 2. The van der Waals surface area contributed by atoms with Crippen LogP contribution in [-0.2, 0) is 14.3 Å². The third-order valence-electron chi connectivity index (χ3n) is 1.48. The summed E-state index contributed by atoms with van der Waals surface area (Å²) in [4.78, 5) is 11.2. The van der Waals surface area contributed by atoms with Gasteiger partial charge in [0.2, 0.25) is 0 Å². The van der Waals surface area contributed by atoms with Gasteiger partial charge in [-0.3, -0.25) is 4.79 Å². The number of hydrogen-bond donors (Lipinski definition) is 1. The molecule has 0 rings (SSSR count). The van der Waals surface area contributed by atoms with Crippen molar-refractivity contribution in [2.75, 3.05) is 14.2 Å². The molecule has 0 aliphatic heterocycles. The third kappa shape index (κ3) is 2.73. The summed E-state index contributed by atoms with van der Waals surface area (Å²) in [7, 11) is 2.86. The first-order chi connectivity index (χ1) is 5.54. The number of methoxy groups -OCH3 is 2. The Bertz CT molecular complexity index is 175. The van der Waals surface area contributed by atoms with Gasteiger partial charge in [0.1, 0.15) is 6.04 Å². The van der Waals surface area contributed by atoms with Crippen molar-refractivity contribution >= 4 is 5.78 Å². The van der Waals surface area contributed by atoms with Crippen molar-refractivity contribution in [2.45, 2.75) is 19.3 Å². The van der Waals surface area contributed by atoms with Crippen LogP contribution in [0.4, 0.5) is 0 Å². The molecule has 0 aliphatic rings. The van der Waals surface area contributed by atoms with E-state index in [9.17, 15) is 4.79 Å². The molecule has 1 unspecified atom stereocenters. The van der Waals surface area contributed by atoms with Crippen LogP contribution in [0.1, 0.15) is 6.92 Å². The highest BCUT2D eigenvalue weighted by Crippen LogP contribution is 2.02. The highest BCUT2D eigenvalue weighted by Gasteiger charge is 2.24. The molecule has 2 N–H and O–H groups in total. The lowest BCUT2D eigenvalue weighted by Gasteiger charge is -2.19. The average Bonchev–Trinajstić information content (AvgIpc) is 2.05. The summed E-state index contributed by atoms with van der Waals surface area (Å²) in [5.41, 5.74) is 5.93. The van der Waals surface area contributed by atoms with E-state index in [1.54, 1.807) is 6.92 Å². The lowest BCUT2D eigenvalue weighted by atomic mass is 10.1.